The third kappa shape index (κ3) is 4.91. The molecule has 2 heterocycles. The maximum atomic E-state index is 12.4. The summed E-state index contributed by atoms with van der Waals surface area (Å²) in [6.07, 6.45) is 2.16. The summed E-state index contributed by atoms with van der Waals surface area (Å²) in [6.45, 7) is 3.80. The minimum atomic E-state index is 0. The minimum absolute atomic E-state index is 0. The fourth-order valence-electron chi connectivity index (χ4n) is 2.54. The van der Waals surface area contributed by atoms with Crippen LogP contribution in [0.1, 0.15) is 28.2 Å². The highest BCUT2D eigenvalue weighted by Crippen LogP contribution is 2.27. The number of rotatable bonds is 3. The Bertz CT molecular complexity index is 628. The largest absolute Gasteiger partial charge is 0.347 e. The van der Waals surface area contributed by atoms with E-state index in [4.69, 9.17) is 0 Å². The van der Waals surface area contributed by atoms with E-state index in [9.17, 15) is 4.79 Å². The Morgan fingerprint density at radius 2 is 2.04 bits per heavy atom. The first-order valence-corrected chi connectivity index (χ1v) is 8.10. The second-order valence-corrected chi connectivity index (χ2v) is 6.32. The van der Waals surface area contributed by atoms with Gasteiger partial charge in [-0.2, -0.15) is 0 Å². The van der Waals surface area contributed by atoms with Crippen molar-refractivity contribution in [3.05, 3.63) is 40.9 Å². The van der Waals surface area contributed by atoms with Crippen LogP contribution in [0.4, 0.5) is 0 Å². The third-order valence-corrected chi connectivity index (χ3v) is 4.86. The van der Waals surface area contributed by atoms with E-state index in [1.54, 1.807) is 0 Å². The summed E-state index contributed by atoms with van der Waals surface area (Å²) < 4.78 is 0. The highest BCUT2D eigenvalue weighted by Gasteiger charge is 2.20. The number of piperidine rings is 1. The third-order valence-electron chi connectivity index (χ3n) is 3.66. The van der Waals surface area contributed by atoms with E-state index in [0.717, 1.165) is 47.1 Å². The van der Waals surface area contributed by atoms with Gasteiger partial charge in [-0.05, 0) is 26.3 Å². The van der Waals surface area contributed by atoms with Crippen LogP contribution in [-0.4, -0.2) is 30.0 Å². The number of carbonyl (C=O) groups excluding carboxylic acids is 1. The van der Waals surface area contributed by atoms with Gasteiger partial charge in [0.15, 0.2) is 0 Å². The molecule has 0 spiro atoms. The van der Waals surface area contributed by atoms with Gasteiger partial charge in [-0.1, -0.05) is 30.3 Å². The molecular formula is C16H21Cl2N3OS. The molecule has 1 aliphatic rings. The number of halogens is 2. The molecule has 1 aromatic heterocycles. The van der Waals surface area contributed by atoms with Crippen LogP contribution in [0.5, 0.6) is 0 Å². The van der Waals surface area contributed by atoms with Gasteiger partial charge in [-0.25, -0.2) is 4.98 Å². The van der Waals surface area contributed by atoms with Crippen molar-refractivity contribution in [3.63, 3.8) is 0 Å². The molecule has 1 fully saturated rings. The van der Waals surface area contributed by atoms with Gasteiger partial charge in [0, 0.05) is 18.2 Å². The van der Waals surface area contributed by atoms with E-state index >= 15 is 0 Å². The monoisotopic (exact) mass is 373 g/mol. The van der Waals surface area contributed by atoms with E-state index in [0.29, 0.717) is 0 Å². The van der Waals surface area contributed by atoms with E-state index in [-0.39, 0.29) is 36.8 Å². The number of benzene rings is 1. The van der Waals surface area contributed by atoms with Gasteiger partial charge >= 0.3 is 0 Å². The predicted octanol–water partition coefficient (Wildman–Crippen LogP) is 3.44. The first kappa shape index (κ1) is 19.9. The molecule has 1 aliphatic heterocycles. The molecule has 23 heavy (non-hydrogen) atoms. The first-order chi connectivity index (χ1) is 10.2. The highest BCUT2D eigenvalue weighted by atomic mass is 35.5. The molecule has 7 heteroatoms. The lowest BCUT2D eigenvalue weighted by molar-refractivity contribution is 0.0934. The van der Waals surface area contributed by atoms with Crippen LogP contribution in [0.15, 0.2) is 30.3 Å². The summed E-state index contributed by atoms with van der Waals surface area (Å²) in [6, 6.07) is 10.2. The van der Waals surface area contributed by atoms with Gasteiger partial charge in [0.05, 0.1) is 5.69 Å². The van der Waals surface area contributed by atoms with Crippen LogP contribution >= 0.6 is 36.2 Å². The Balaban J connectivity index is 0.00000132. The number of carbonyl (C=O) groups is 1. The molecule has 1 amide bonds. The number of hydrogen-bond donors (Lipinski definition) is 2. The normalized spacial score (nSPS) is 16.8. The van der Waals surface area contributed by atoms with Gasteiger partial charge < -0.3 is 10.6 Å². The van der Waals surface area contributed by atoms with Crippen LogP contribution < -0.4 is 10.6 Å². The maximum Gasteiger partial charge on any atom is 0.263 e. The number of nitrogens with zero attached hydrogens (tertiary/aromatic N) is 1. The fraction of sp³-hybridized carbons (Fsp3) is 0.375. The van der Waals surface area contributed by atoms with Crippen LogP contribution in [0, 0.1) is 6.92 Å². The number of thiazole rings is 1. The molecule has 4 nitrogen and oxygen atoms in total. The summed E-state index contributed by atoms with van der Waals surface area (Å²) >= 11 is 1.47. The zero-order valence-corrected chi connectivity index (χ0v) is 15.3. The van der Waals surface area contributed by atoms with Crippen LogP contribution in [0.3, 0.4) is 0 Å². The molecule has 0 saturated carbocycles. The lowest BCUT2D eigenvalue weighted by Crippen LogP contribution is -2.45. The zero-order valence-electron chi connectivity index (χ0n) is 12.9. The maximum absolute atomic E-state index is 12.4. The van der Waals surface area contributed by atoms with Gasteiger partial charge in [-0.3, -0.25) is 4.79 Å². The average molecular weight is 374 g/mol. The highest BCUT2D eigenvalue weighted by molar-refractivity contribution is 7.17. The second kappa shape index (κ2) is 9.23. The summed E-state index contributed by atoms with van der Waals surface area (Å²) in [7, 11) is 0. The van der Waals surface area contributed by atoms with E-state index in [1.807, 2.05) is 37.3 Å². The Kier molecular flexibility index (Phi) is 7.99. The molecule has 1 aromatic carbocycles. The van der Waals surface area contributed by atoms with Crippen molar-refractivity contribution in [2.75, 3.05) is 13.1 Å². The van der Waals surface area contributed by atoms with Gasteiger partial charge in [0.25, 0.3) is 5.91 Å². The molecule has 1 atom stereocenters. The Labute approximate surface area is 152 Å². The molecule has 0 unspecified atom stereocenters. The topological polar surface area (TPSA) is 54.0 Å². The Morgan fingerprint density at radius 1 is 1.30 bits per heavy atom. The van der Waals surface area contributed by atoms with Crippen molar-refractivity contribution in [1.82, 2.24) is 15.6 Å². The predicted molar refractivity (Wildman–Crippen MR) is 100 cm³/mol. The van der Waals surface area contributed by atoms with Crippen molar-refractivity contribution in [2.24, 2.45) is 0 Å². The second-order valence-electron chi connectivity index (χ2n) is 5.32. The zero-order chi connectivity index (χ0) is 14.7. The average Bonchev–Trinajstić information content (AvgIpc) is 2.91. The lowest BCUT2D eigenvalue weighted by Gasteiger charge is -2.23. The van der Waals surface area contributed by atoms with Crippen molar-refractivity contribution in [3.8, 4) is 10.6 Å². The number of amides is 1. The first-order valence-electron chi connectivity index (χ1n) is 7.28. The molecule has 0 radical (unpaired) electrons. The molecule has 2 N–H and O–H groups in total. The number of aryl methyl sites for hydroxylation is 1. The van der Waals surface area contributed by atoms with Gasteiger partial charge in [-0.15, -0.1) is 36.2 Å². The van der Waals surface area contributed by atoms with Crippen LogP contribution in [0.25, 0.3) is 10.6 Å². The van der Waals surface area contributed by atoms with E-state index < -0.39 is 0 Å². The summed E-state index contributed by atoms with van der Waals surface area (Å²) in [4.78, 5) is 17.7. The van der Waals surface area contributed by atoms with Crippen LogP contribution in [-0.2, 0) is 0 Å². The van der Waals surface area contributed by atoms with Crippen molar-refractivity contribution < 1.29 is 4.79 Å². The van der Waals surface area contributed by atoms with Crippen molar-refractivity contribution in [2.45, 2.75) is 25.8 Å². The standard InChI is InChI=1S/C16H19N3OS.2ClH/c1-11-14(15(20)19-13-8-5-9-17-10-13)21-16(18-11)12-6-3-2-4-7-12;;/h2-4,6-7,13,17H,5,8-10H2,1H3,(H,19,20);2*1H/t13-;;/m0../s1. The van der Waals surface area contributed by atoms with Crippen molar-refractivity contribution >= 4 is 42.1 Å². The molecule has 1 saturated heterocycles. The molecular weight excluding hydrogens is 353 g/mol. The minimum Gasteiger partial charge on any atom is -0.347 e. The quantitative estimate of drug-likeness (QED) is 0.865. The van der Waals surface area contributed by atoms with Crippen molar-refractivity contribution in [1.29, 1.82) is 0 Å². The number of hydrogen-bond acceptors (Lipinski definition) is 4. The summed E-state index contributed by atoms with van der Waals surface area (Å²) in [5.41, 5.74) is 1.86. The Hall–Kier alpha value is -1.14. The van der Waals surface area contributed by atoms with Gasteiger partial charge in [0.2, 0.25) is 0 Å². The summed E-state index contributed by atoms with van der Waals surface area (Å²) in [5.74, 6) is 0.000816. The SMILES string of the molecule is Cc1nc(-c2ccccc2)sc1C(=O)N[C@H]1CCCNC1.Cl.Cl. The number of aromatic nitrogens is 1. The molecule has 0 bridgehead atoms. The lowest BCUT2D eigenvalue weighted by atomic mass is 10.1. The summed E-state index contributed by atoms with van der Waals surface area (Å²) in [5, 5.41) is 7.32. The van der Waals surface area contributed by atoms with E-state index in [2.05, 4.69) is 15.6 Å². The van der Waals surface area contributed by atoms with Gasteiger partial charge in [0.1, 0.15) is 9.88 Å². The van der Waals surface area contributed by atoms with E-state index in [1.165, 1.54) is 11.3 Å². The number of nitrogens with one attached hydrogen (secondary N) is 2. The smallest absolute Gasteiger partial charge is 0.263 e. The fourth-order valence-corrected chi connectivity index (χ4v) is 3.51. The van der Waals surface area contributed by atoms with Crippen LogP contribution in [0.2, 0.25) is 0 Å². The Morgan fingerprint density at radius 3 is 2.70 bits per heavy atom. The molecule has 0 aliphatic carbocycles. The molecule has 3 rings (SSSR count). The molecule has 2 aromatic rings. The molecule has 126 valence electrons.